The molecular weight excluding hydrogens is 454 g/mol. The van der Waals surface area contributed by atoms with E-state index in [2.05, 4.69) is 25.6 Å². The number of hydrogen-bond acceptors (Lipinski definition) is 7. The second-order valence-corrected chi connectivity index (χ2v) is 7.89. The first-order valence-electron chi connectivity index (χ1n) is 10.4. The van der Waals surface area contributed by atoms with Gasteiger partial charge < -0.3 is 14.4 Å². The smallest absolute Gasteiger partial charge is 0.261 e. The van der Waals surface area contributed by atoms with Crippen molar-refractivity contribution in [1.82, 2.24) is 20.3 Å². The minimum Gasteiger partial charge on any atom is -0.360 e. The first-order valence-corrected chi connectivity index (χ1v) is 10.8. The van der Waals surface area contributed by atoms with Crippen molar-refractivity contribution in [2.75, 3.05) is 5.32 Å². The molecule has 1 amide bonds. The molecule has 0 aliphatic carbocycles. The van der Waals surface area contributed by atoms with Gasteiger partial charge in [-0.05, 0) is 36.8 Å². The number of carbonyl (C=O) groups is 1. The highest BCUT2D eigenvalue weighted by atomic mass is 35.5. The number of amides is 1. The molecule has 5 aromatic rings. The Morgan fingerprint density at radius 2 is 1.82 bits per heavy atom. The molecule has 2 aromatic carbocycles. The maximum absolute atomic E-state index is 13.3. The molecule has 8 nitrogen and oxygen atoms in total. The number of carbonyl (C=O) groups excluding carboxylic acids is 1. The number of nitrogens with zero attached hydrogens (tertiary/aromatic N) is 4. The van der Waals surface area contributed by atoms with Gasteiger partial charge in [-0.15, -0.1) is 0 Å². The van der Waals surface area contributed by atoms with E-state index >= 15 is 0 Å². The zero-order valence-electron chi connectivity index (χ0n) is 18.0. The van der Waals surface area contributed by atoms with Crippen LogP contribution in [0.2, 0.25) is 5.02 Å². The monoisotopic (exact) mass is 471 g/mol. The molecule has 34 heavy (non-hydrogen) atoms. The predicted molar refractivity (Wildman–Crippen MR) is 126 cm³/mol. The number of hydrogen-bond donors (Lipinski definition) is 1. The van der Waals surface area contributed by atoms with E-state index in [4.69, 9.17) is 20.6 Å². The highest BCUT2D eigenvalue weighted by molar-refractivity contribution is 6.33. The Morgan fingerprint density at radius 3 is 2.65 bits per heavy atom. The first-order chi connectivity index (χ1) is 16.6. The molecule has 0 unspecified atom stereocenters. The molecule has 5 rings (SSSR count). The topological polar surface area (TPSA) is 107 Å². The highest BCUT2D eigenvalue weighted by Gasteiger charge is 2.24. The van der Waals surface area contributed by atoms with Gasteiger partial charge in [0.25, 0.3) is 5.91 Å². The van der Waals surface area contributed by atoms with Gasteiger partial charge in [-0.2, -0.15) is 4.98 Å². The minimum absolute atomic E-state index is 0.319. The molecule has 3 aromatic heterocycles. The van der Waals surface area contributed by atoms with Crippen molar-refractivity contribution in [3.05, 3.63) is 101 Å². The lowest BCUT2D eigenvalue weighted by atomic mass is 10.0. The van der Waals surface area contributed by atoms with E-state index in [9.17, 15) is 4.79 Å². The van der Waals surface area contributed by atoms with Crippen LogP contribution in [0.1, 0.15) is 27.6 Å². The number of anilines is 1. The molecule has 0 saturated heterocycles. The average molecular weight is 472 g/mol. The van der Waals surface area contributed by atoms with Gasteiger partial charge in [-0.1, -0.05) is 58.3 Å². The number of pyridine rings is 1. The molecule has 0 spiro atoms. The van der Waals surface area contributed by atoms with E-state index in [1.807, 2.05) is 42.5 Å². The molecule has 0 aliphatic rings. The largest absolute Gasteiger partial charge is 0.360 e. The Balaban J connectivity index is 1.41. The maximum Gasteiger partial charge on any atom is 0.261 e. The Hall–Kier alpha value is -4.30. The van der Waals surface area contributed by atoms with E-state index < -0.39 is 0 Å². The molecular formula is C25H18ClN5O3. The molecule has 0 radical (unpaired) electrons. The fraction of sp³-hybridized carbons (Fsp3) is 0.0800. The van der Waals surface area contributed by atoms with Gasteiger partial charge in [0, 0.05) is 29.2 Å². The van der Waals surface area contributed by atoms with Crippen molar-refractivity contribution in [3.63, 3.8) is 0 Å². The summed E-state index contributed by atoms with van der Waals surface area (Å²) in [6.45, 7) is 1.69. The Morgan fingerprint density at radius 1 is 1.00 bits per heavy atom. The predicted octanol–water partition coefficient (Wildman–Crippen LogP) is 5.59. The molecule has 168 valence electrons. The van der Waals surface area contributed by atoms with Crippen LogP contribution in [0.3, 0.4) is 0 Å². The number of halogens is 1. The number of nitrogens with one attached hydrogen (secondary N) is 1. The summed E-state index contributed by atoms with van der Waals surface area (Å²) in [6.07, 6.45) is 3.68. The van der Waals surface area contributed by atoms with E-state index in [1.54, 1.807) is 37.5 Å². The SMILES string of the molecule is Cc1onc(-c2ccccc2Cl)c1C(=O)Nc1ccccc1Cc1nc(-c2cccnc2)no1. The average Bonchev–Trinajstić information content (AvgIpc) is 3.48. The summed E-state index contributed by atoms with van der Waals surface area (Å²) in [5, 5.41) is 11.5. The lowest BCUT2D eigenvalue weighted by molar-refractivity contribution is 0.102. The van der Waals surface area contributed by atoms with Crippen LogP contribution in [-0.2, 0) is 6.42 Å². The number of para-hydroxylation sites is 1. The van der Waals surface area contributed by atoms with Gasteiger partial charge in [0.15, 0.2) is 0 Å². The lowest BCUT2D eigenvalue weighted by Crippen LogP contribution is -2.15. The number of benzene rings is 2. The van der Waals surface area contributed by atoms with Crippen molar-refractivity contribution < 1.29 is 13.8 Å². The zero-order valence-corrected chi connectivity index (χ0v) is 18.8. The summed E-state index contributed by atoms with van der Waals surface area (Å²) in [6, 6.07) is 18.2. The molecule has 1 N–H and O–H groups in total. The molecule has 0 saturated carbocycles. The van der Waals surface area contributed by atoms with Gasteiger partial charge >= 0.3 is 0 Å². The van der Waals surface area contributed by atoms with Crippen LogP contribution < -0.4 is 5.32 Å². The van der Waals surface area contributed by atoms with Gasteiger partial charge in [0.05, 0.1) is 11.4 Å². The second kappa shape index (κ2) is 9.29. The quantitative estimate of drug-likeness (QED) is 0.344. The summed E-state index contributed by atoms with van der Waals surface area (Å²) in [5.41, 5.74) is 3.50. The highest BCUT2D eigenvalue weighted by Crippen LogP contribution is 2.32. The fourth-order valence-electron chi connectivity index (χ4n) is 3.56. The summed E-state index contributed by atoms with van der Waals surface area (Å²) < 4.78 is 10.7. The summed E-state index contributed by atoms with van der Waals surface area (Å²) in [4.78, 5) is 21.8. The van der Waals surface area contributed by atoms with Crippen LogP contribution in [0.4, 0.5) is 5.69 Å². The van der Waals surface area contributed by atoms with Crippen molar-refractivity contribution in [1.29, 1.82) is 0 Å². The number of aryl methyl sites for hydroxylation is 1. The Bertz CT molecular complexity index is 1460. The Labute approximate surface area is 199 Å². The third-order valence-electron chi connectivity index (χ3n) is 5.21. The zero-order chi connectivity index (χ0) is 23.5. The van der Waals surface area contributed by atoms with Crippen LogP contribution >= 0.6 is 11.6 Å². The summed E-state index contributed by atoms with van der Waals surface area (Å²) in [7, 11) is 0. The summed E-state index contributed by atoms with van der Waals surface area (Å²) in [5.74, 6) is 0.901. The lowest BCUT2D eigenvalue weighted by Gasteiger charge is -2.10. The van der Waals surface area contributed by atoms with Crippen molar-refractivity contribution in [3.8, 4) is 22.6 Å². The van der Waals surface area contributed by atoms with Crippen LogP contribution in [0, 0.1) is 6.92 Å². The molecule has 0 bridgehead atoms. The van der Waals surface area contributed by atoms with Gasteiger partial charge in [-0.3, -0.25) is 9.78 Å². The molecule has 0 atom stereocenters. The van der Waals surface area contributed by atoms with Gasteiger partial charge in [0.1, 0.15) is 17.0 Å². The van der Waals surface area contributed by atoms with E-state index in [-0.39, 0.29) is 5.91 Å². The van der Waals surface area contributed by atoms with Gasteiger partial charge in [0.2, 0.25) is 11.7 Å². The minimum atomic E-state index is -0.359. The number of rotatable bonds is 6. The maximum atomic E-state index is 13.3. The van der Waals surface area contributed by atoms with E-state index in [0.29, 0.717) is 51.4 Å². The first kappa shape index (κ1) is 21.5. The summed E-state index contributed by atoms with van der Waals surface area (Å²) >= 11 is 6.33. The van der Waals surface area contributed by atoms with Crippen LogP contribution in [0.15, 0.2) is 82.1 Å². The van der Waals surface area contributed by atoms with Crippen LogP contribution in [-0.4, -0.2) is 26.2 Å². The fourth-order valence-corrected chi connectivity index (χ4v) is 3.78. The van der Waals surface area contributed by atoms with Gasteiger partial charge in [-0.25, -0.2) is 0 Å². The van der Waals surface area contributed by atoms with Crippen LogP contribution in [0.25, 0.3) is 22.6 Å². The van der Waals surface area contributed by atoms with E-state index in [1.165, 1.54) is 0 Å². The van der Waals surface area contributed by atoms with Crippen molar-refractivity contribution >= 4 is 23.2 Å². The standard InChI is InChI=1S/C25H18ClN5O3/c1-15-22(23(30-33-15)18-9-3-4-10-19(18)26)25(32)28-20-11-5-2-7-16(20)13-21-29-24(31-34-21)17-8-6-12-27-14-17/h2-12,14H,13H2,1H3,(H,28,32). The van der Waals surface area contributed by atoms with E-state index in [0.717, 1.165) is 11.1 Å². The third-order valence-corrected chi connectivity index (χ3v) is 5.54. The second-order valence-electron chi connectivity index (χ2n) is 7.48. The molecule has 0 aliphatic heterocycles. The normalized spacial score (nSPS) is 10.9. The van der Waals surface area contributed by atoms with Crippen molar-refractivity contribution in [2.45, 2.75) is 13.3 Å². The number of aromatic nitrogens is 4. The molecule has 0 fully saturated rings. The molecule has 3 heterocycles. The molecule has 9 heteroatoms. The third kappa shape index (κ3) is 4.31. The van der Waals surface area contributed by atoms with Crippen molar-refractivity contribution in [2.24, 2.45) is 0 Å². The van der Waals surface area contributed by atoms with Crippen LogP contribution in [0.5, 0.6) is 0 Å². The Kier molecular flexibility index (Phi) is 5.88.